The highest BCUT2D eigenvalue weighted by molar-refractivity contribution is 5.80. The van der Waals surface area contributed by atoms with Crippen molar-refractivity contribution in [1.29, 1.82) is 0 Å². The molecule has 0 saturated heterocycles. The second kappa shape index (κ2) is 61.4. The van der Waals surface area contributed by atoms with Crippen molar-refractivity contribution in [1.82, 2.24) is 5.32 Å². The van der Waals surface area contributed by atoms with Crippen molar-refractivity contribution < 1.29 is 25.2 Å². The molecule has 0 bridgehead atoms. The normalized spacial score (nSPS) is 13.8. The van der Waals surface area contributed by atoms with Crippen molar-refractivity contribution in [3.05, 3.63) is 36.5 Å². The number of nitrogens with one attached hydrogen (secondary N) is 1. The number of amides is 1. The molecule has 0 aromatic heterocycles. The predicted octanol–water partition coefficient (Wildman–Crippen LogP) is 19.9. The smallest absolute Gasteiger partial charge is 0.249 e. The van der Waals surface area contributed by atoms with Crippen LogP contribution in [-0.2, 0) is 4.79 Å². The maximum atomic E-state index is 12.6. The number of hydrogen-bond donors (Lipinski definition) is 5. The quantitative estimate of drug-likeness (QED) is 0.0308. The van der Waals surface area contributed by atoms with Gasteiger partial charge in [-0.05, 0) is 64.2 Å². The van der Waals surface area contributed by atoms with Crippen LogP contribution < -0.4 is 5.32 Å². The molecule has 6 heteroatoms. The molecule has 0 aliphatic rings. The number of allylic oxidation sites excluding steroid dienone is 6. The van der Waals surface area contributed by atoms with Crippen molar-refractivity contribution in [2.75, 3.05) is 6.61 Å². The van der Waals surface area contributed by atoms with Crippen molar-refractivity contribution in [3.8, 4) is 0 Å². The molecule has 0 radical (unpaired) electrons. The van der Waals surface area contributed by atoms with Crippen molar-refractivity contribution in [2.45, 2.75) is 379 Å². The summed E-state index contributed by atoms with van der Waals surface area (Å²) in [6.07, 6.45) is 78.3. The van der Waals surface area contributed by atoms with Crippen LogP contribution in [0, 0.1) is 0 Å². The van der Waals surface area contributed by atoms with Crippen LogP contribution in [-0.4, -0.2) is 57.3 Å². The second-order valence-electron chi connectivity index (χ2n) is 22.8. The zero-order valence-electron chi connectivity index (χ0n) is 49.2. The van der Waals surface area contributed by atoms with Crippen LogP contribution in [0.1, 0.15) is 354 Å². The van der Waals surface area contributed by atoms with Gasteiger partial charge in [0.15, 0.2) is 0 Å². The third kappa shape index (κ3) is 55.1. The summed E-state index contributed by atoms with van der Waals surface area (Å²) in [4.78, 5) is 12.6. The zero-order valence-corrected chi connectivity index (χ0v) is 49.2. The van der Waals surface area contributed by atoms with Gasteiger partial charge in [-0.3, -0.25) is 4.79 Å². The van der Waals surface area contributed by atoms with Gasteiger partial charge in [0.25, 0.3) is 0 Å². The highest BCUT2D eigenvalue weighted by atomic mass is 16.3. The largest absolute Gasteiger partial charge is 0.394 e. The maximum Gasteiger partial charge on any atom is 0.249 e. The Balaban J connectivity index is 3.62. The van der Waals surface area contributed by atoms with E-state index in [0.717, 1.165) is 51.4 Å². The molecule has 0 aromatic carbocycles. The fraction of sp³-hybridized carbons (Fsp3) is 0.896. The van der Waals surface area contributed by atoms with Crippen LogP contribution in [0.3, 0.4) is 0 Å². The molecule has 0 fully saturated rings. The van der Waals surface area contributed by atoms with Crippen LogP contribution in [0.25, 0.3) is 0 Å². The van der Waals surface area contributed by atoms with Gasteiger partial charge in [-0.2, -0.15) is 0 Å². The fourth-order valence-corrected chi connectivity index (χ4v) is 10.4. The van der Waals surface area contributed by atoms with Crippen LogP contribution in [0.2, 0.25) is 0 Å². The molecule has 0 saturated carbocycles. The van der Waals surface area contributed by atoms with Crippen molar-refractivity contribution in [3.63, 3.8) is 0 Å². The Labute approximate surface area is 456 Å². The first-order valence-corrected chi connectivity index (χ1v) is 32.9. The summed E-state index contributed by atoms with van der Waals surface area (Å²) in [5, 5.41) is 44.1. The summed E-state index contributed by atoms with van der Waals surface area (Å²) in [6.45, 7) is 4.09. The molecule has 73 heavy (non-hydrogen) atoms. The van der Waals surface area contributed by atoms with E-state index in [-0.39, 0.29) is 0 Å². The third-order valence-corrected chi connectivity index (χ3v) is 15.6. The Morgan fingerprint density at radius 1 is 0.329 bits per heavy atom. The van der Waals surface area contributed by atoms with Crippen LogP contribution in [0.5, 0.6) is 0 Å². The van der Waals surface area contributed by atoms with Gasteiger partial charge in [-0.1, -0.05) is 326 Å². The Morgan fingerprint density at radius 2 is 0.575 bits per heavy atom. The summed E-state index contributed by atoms with van der Waals surface area (Å²) in [7, 11) is 0. The van der Waals surface area contributed by atoms with Gasteiger partial charge >= 0.3 is 0 Å². The molecule has 4 unspecified atom stereocenters. The van der Waals surface area contributed by atoms with E-state index in [1.54, 1.807) is 0 Å². The average molecular weight is 1030 g/mol. The van der Waals surface area contributed by atoms with E-state index in [4.69, 9.17) is 0 Å². The molecule has 0 aliphatic carbocycles. The molecular formula is C67H129NO5. The zero-order chi connectivity index (χ0) is 53.0. The Morgan fingerprint density at radius 3 is 0.863 bits per heavy atom. The molecule has 5 N–H and O–H groups in total. The lowest BCUT2D eigenvalue weighted by Gasteiger charge is -2.27. The summed E-state index contributed by atoms with van der Waals surface area (Å²) < 4.78 is 0. The average Bonchev–Trinajstić information content (AvgIpc) is 3.40. The number of carbonyl (C=O) groups excluding carboxylic acids is 1. The minimum Gasteiger partial charge on any atom is -0.394 e. The first-order valence-electron chi connectivity index (χ1n) is 32.9. The van der Waals surface area contributed by atoms with Gasteiger partial charge in [0, 0.05) is 0 Å². The minimum absolute atomic E-state index is 0.362. The summed E-state index contributed by atoms with van der Waals surface area (Å²) >= 11 is 0. The van der Waals surface area contributed by atoms with Gasteiger partial charge < -0.3 is 25.7 Å². The molecule has 1 amide bonds. The highest BCUT2D eigenvalue weighted by Crippen LogP contribution is 2.19. The first kappa shape index (κ1) is 71.5. The van der Waals surface area contributed by atoms with Gasteiger partial charge in [0.1, 0.15) is 12.2 Å². The maximum absolute atomic E-state index is 12.6. The van der Waals surface area contributed by atoms with Crippen LogP contribution >= 0.6 is 0 Å². The van der Waals surface area contributed by atoms with Gasteiger partial charge in [-0.15, -0.1) is 0 Å². The van der Waals surface area contributed by atoms with E-state index in [0.29, 0.717) is 19.3 Å². The second-order valence-corrected chi connectivity index (χ2v) is 22.8. The molecule has 432 valence electrons. The minimum atomic E-state index is -1.29. The summed E-state index contributed by atoms with van der Waals surface area (Å²) in [5.74, 6) is -0.593. The number of carbonyl (C=O) groups is 1. The monoisotopic (exact) mass is 1030 g/mol. The van der Waals surface area contributed by atoms with E-state index in [1.807, 2.05) is 0 Å². The Kier molecular flexibility index (Phi) is 60.1. The highest BCUT2D eigenvalue weighted by Gasteiger charge is 2.28. The molecule has 0 aromatic rings. The van der Waals surface area contributed by atoms with Crippen LogP contribution in [0.4, 0.5) is 0 Å². The van der Waals surface area contributed by atoms with E-state index in [9.17, 15) is 25.2 Å². The van der Waals surface area contributed by atoms with E-state index in [2.05, 4.69) is 55.6 Å². The molecule has 0 spiro atoms. The third-order valence-electron chi connectivity index (χ3n) is 15.6. The van der Waals surface area contributed by atoms with E-state index < -0.39 is 36.9 Å². The Hall–Kier alpha value is -1.47. The lowest BCUT2D eigenvalue weighted by Crippen LogP contribution is -2.53. The predicted molar refractivity (Wildman–Crippen MR) is 321 cm³/mol. The SMILES string of the molecule is CCCCCCCCCCCCCCCCC/C=C/CC/C=C/CC/C=C/CCCC(O)C(O)C(CO)NC(=O)C(O)CCCCCCCCCCCCCCCCCCCCCCCCCCCCCCC. The summed E-state index contributed by atoms with van der Waals surface area (Å²) in [5.41, 5.74) is 0. The number of hydrogen-bond acceptors (Lipinski definition) is 5. The lowest BCUT2D eigenvalue weighted by molar-refractivity contribution is -0.132. The molecule has 0 heterocycles. The van der Waals surface area contributed by atoms with E-state index in [1.165, 1.54) is 270 Å². The molecule has 0 aliphatic heterocycles. The first-order chi connectivity index (χ1) is 36.0. The number of aliphatic hydroxyl groups excluding tert-OH is 4. The van der Waals surface area contributed by atoms with Gasteiger partial charge in [0.05, 0.1) is 18.8 Å². The van der Waals surface area contributed by atoms with Crippen molar-refractivity contribution in [2.24, 2.45) is 0 Å². The number of rotatable bonds is 61. The van der Waals surface area contributed by atoms with Gasteiger partial charge in [-0.25, -0.2) is 0 Å². The summed E-state index contributed by atoms with van der Waals surface area (Å²) in [6, 6.07) is -1.01. The van der Waals surface area contributed by atoms with Crippen molar-refractivity contribution >= 4 is 5.91 Å². The Bertz CT molecular complexity index is 1150. The molecule has 4 atom stereocenters. The van der Waals surface area contributed by atoms with Gasteiger partial charge in [0.2, 0.25) is 5.91 Å². The number of unbranched alkanes of at least 4 members (excludes halogenated alkanes) is 46. The molecular weight excluding hydrogens is 899 g/mol. The van der Waals surface area contributed by atoms with E-state index >= 15 is 0 Å². The molecule has 0 rings (SSSR count). The lowest BCUT2D eigenvalue weighted by atomic mass is 10.00. The fourth-order valence-electron chi connectivity index (χ4n) is 10.4. The van der Waals surface area contributed by atoms with Crippen LogP contribution in [0.15, 0.2) is 36.5 Å². The standard InChI is InChI=1S/C67H129NO5/c1-3-5-7-9-11-13-15-17-19-21-23-25-27-29-31-33-35-37-39-41-43-45-47-49-51-53-55-57-59-61-65(71)67(73)68-63(62-69)66(72)64(70)60-58-56-54-52-50-48-46-44-42-40-38-36-34-32-30-28-26-24-22-20-18-16-14-12-10-8-6-4-2/h36,38,44,46,52,54,63-66,69-72H,3-35,37,39-43,45,47-51,53,55-62H2,1-2H3,(H,68,73)/b38-36+,46-44+,54-52+. The number of aliphatic hydroxyl groups is 4. The molecule has 6 nitrogen and oxygen atoms in total. The topological polar surface area (TPSA) is 110 Å².